The molecule has 4 N–H and O–H groups in total. The SMILES string of the molecule is CCCCCCCCCCCCCCCC(C(=O)O)C(=O)O.O=C(O)CCCCCCCCCCCCCCC(=O)O. The molecule has 0 bridgehead atoms. The zero-order chi connectivity index (χ0) is 31.7. The molecule has 0 fully saturated rings. The molecule has 0 radical (unpaired) electrons. The van der Waals surface area contributed by atoms with Crippen LogP contribution in [0.5, 0.6) is 0 Å². The van der Waals surface area contributed by atoms with E-state index in [0.29, 0.717) is 19.3 Å². The topological polar surface area (TPSA) is 149 Å². The lowest BCUT2D eigenvalue weighted by Crippen LogP contribution is -2.23. The molecule has 0 aliphatic carbocycles. The van der Waals surface area contributed by atoms with Crippen LogP contribution in [0, 0.1) is 5.92 Å². The molecule has 0 aliphatic heterocycles. The van der Waals surface area contributed by atoms with Crippen LogP contribution in [-0.4, -0.2) is 44.3 Å². The smallest absolute Gasteiger partial charge is 0.317 e. The first kappa shape index (κ1) is 42.0. The molecule has 0 amide bonds. The molecular formula is C34H64O8. The van der Waals surface area contributed by atoms with Crippen LogP contribution in [0.2, 0.25) is 0 Å². The highest BCUT2D eigenvalue weighted by atomic mass is 16.4. The van der Waals surface area contributed by atoms with Crippen LogP contribution in [0.1, 0.15) is 187 Å². The van der Waals surface area contributed by atoms with Gasteiger partial charge in [-0.15, -0.1) is 0 Å². The van der Waals surface area contributed by atoms with Crippen LogP contribution in [0.3, 0.4) is 0 Å². The fourth-order valence-electron chi connectivity index (χ4n) is 5.04. The standard InChI is InChI=1S/C18H34O4.C16H30O4/c1-2-3-4-5-6-7-8-9-10-11-12-13-14-15-16(17(19)20)18(21)22;17-15(18)13-11-9-7-5-3-1-2-4-6-8-10-12-14-16(19)20/h16H,2-15H2,1H3,(H,19,20)(H,21,22);1-14H2,(H,17,18)(H,19,20). The molecule has 8 heteroatoms. The van der Waals surface area contributed by atoms with Crippen molar-refractivity contribution in [2.75, 3.05) is 0 Å². The third kappa shape index (κ3) is 35.9. The van der Waals surface area contributed by atoms with E-state index in [4.69, 9.17) is 20.4 Å². The lowest BCUT2D eigenvalue weighted by molar-refractivity contribution is -0.155. The molecule has 0 spiro atoms. The minimum Gasteiger partial charge on any atom is -0.481 e. The summed E-state index contributed by atoms with van der Waals surface area (Å²) in [7, 11) is 0. The van der Waals surface area contributed by atoms with Crippen molar-refractivity contribution in [3.05, 3.63) is 0 Å². The molecular weight excluding hydrogens is 536 g/mol. The minimum atomic E-state index is -1.23. The first-order chi connectivity index (χ1) is 20.2. The number of carboxylic acid groups (broad SMARTS) is 4. The molecule has 0 rings (SSSR count). The largest absolute Gasteiger partial charge is 0.481 e. The number of carboxylic acids is 4. The Labute approximate surface area is 256 Å². The third-order valence-electron chi connectivity index (χ3n) is 7.72. The minimum absolute atomic E-state index is 0.252. The summed E-state index contributed by atoms with van der Waals surface area (Å²) in [6.07, 6.45) is 30.3. The van der Waals surface area contributed by atoms with Gasteiger partial charge in [-0.3, -0.25) is 19.2 Å². The molecule has 0 aliphatic rings. The number of hydrogen-bond donors (Lipinski definition) is 4. The summed E-state index contributed by atoms with van der Waals surface area (Å²) in [5.74, 6) is -5.03. The van der Waals surface area contributed by atoms with Gasteiger partial charge in [0.15, 0.2) is 5.92 Å². The molecule has 0 heterocycles. The van der Waals surface area contributed by atoms with Crippen LogP contribution in [0.25, 0.3) is 0 Å². The van der Waals surface area contributed by atoms with Gasteiger partial charge in [0.2, 0.25) is 0 Å². The molecule has 42 heavy (non-hydrogen) atoms. The summed E-state index contributed by atoms with van der Waals surface area (Å²) in [5, 5.41) is 34.5. The van der Waals surface area contributed by atoms with Gasteiger partial charge in [0.25, 0.3) is 0 Å². The van der Waals surface area contributed by atoms with Gasteiger partial charge < -0.3 is 20.4 Å². The van der Waals surface area contributed by atoms with Gasteiger partial charge in [0.1, 0.15) is 0 Å². The molecule has 0 saturated heterocycles. The molecule has 0 aromatic carbocycles. The maximum absolute atomic E-state index is 10.7. The number of aliphatic carboxylic acids is 4. The quantitative estimate of drug-likeness (QED) is 0.0453. The van der Waals surface area contributed by atoms with E-state index in [0.717, 1.165) is 51.4 Å². The van der Waals surface area contributed by atoms with Gasteiger partial charge in [0.05, 0.1) is 0 Å². The molecule has 0 unspecified atom stereocenters. The monoisotopic (exact) mass is 600 g/mol. The molecule has 0 aromatic heterocycles. The Bertz CT molecular complexity index is 609. The van der Waals surface area contributed by atoms with Crippen molar-refractivity contribution in [2.45, 2.75) is 187 Å². The molecule has 0 atom stereocenters. The second-order valence-electron chi connectivity index (χ2n) is 11.8. The maximum atomic E-state index is 10.7. The summed E-state index contributed by atoms with van der Waals surface area (Å²) >= 11 is 0. The fourth-order valence-corrected chi connectivity index (χ4v) is 5.04. The van der Waals surface area contributed by atoms with Gasteiger partial charge >= 0.3 is 23.9 Å². The average Bonchev–Trinajstić information content (AvgIpc) is 2.93. The molecule has 8 nitrogen and oxygen atoms in total. The highest BCUT2D eigenvalue weighted by Gasteiger charge is 2.24. The summed E-state index contributed by atoms with van der Waals surface area (Å²) in [4.78, 5) is 42.0. The van der Waals surface area contributed by atoms with Crippen molar-refractivity contribution in [3.8, 4) is 0 Å². The predicted octanol–water partition coefficient (Wildman–Crippen LogP) is 9.87. The van der Waals surface area contributed by atoms with E-state index in [1.807, 2.05) is 0 Å². The average molecular weight is 601 g/mol. The van der Waals surface area contributed by atoms with Crippen LogP contribution >= 0.6 is 0 Å². The van der Waals surface area contributed by atoms with Crippen LogP contribution in [0.15, 0.2) is 0 Å². The highest BCUT2D eigenvalue weighted by Crippen LogP contribution is 2.16. The van der Waals surface area contributed by atoms with Crippen LogP contribution < -0.4 is 0 Å². The normalized spacial score (nSPS) is 10.8. The van der Waals surface area contributed by atoms with Gasteiger partial charge in [0, 0.05) is 12.8 Å². The number of rotatable bonds is 31. The highest BCUT2D eigenvalue weighted by molar-refractivity contribution is 5.92. The third-order valence-corrected chi connectivity index (χ3v) is 7.72. The Hall–Kier alpha value is -2.12. The molecule has 0 aromatic rings. The first-order valence-electron chi connectivity index (χ1n) is 17.1. The fraction of sp³-hybridized carbons (Fsp3) is 0.882. The van der Waals surface area contributed by atoms with E-state index in [1.54, 1.807) is 0 Å². The van der Waals surface area contributed by atoms with E-state index in [9.17, 15) is 19.2 Å². The van der Waals surface area contributed by atoms with Crippen molar-refractivity contribution in [1.29, 1.82) is 0 Å². The van der Waals surface area contributed by atoms with Crippen molar-refractivity contribution < 1.29 is 39.6 Å². The lowest BCUT2D eigenvalue weighted by atomic mass is 10.00. The van der Waals surface area contributed by atoms with E-state index in [-0.39, 0.29) is 6.42 Å². The van der Waals surface area contributed by atoms with E-state index in [2.05, 4.69) is 6.92 Å². The van der Waals surface area contributed by atoms with E-state index < -0.39 is 29.8 Å². The summed E-state index contributed by atoms with van der Waals surface area (Å²) in [5.41, 5.74) is 0. The number of unbranched alkanes of at least 4 members (excludes halogenated alkanes) is 23. The Kier molecular flexibility index (Phi) is 33.4. The Balaban J connectivity index is 0. The second-order valence-corrected chi connectivity index (χ2v) is 11.8. The molecule has 0 saturated carbocycles. The summed E-state index contributed by atoms with van der Waals surface area (Å²) < 4.78 is 0. The molecule has 248 valence electrons. The van der Waals surface area contributed by atoms with E-state index in [1.165, 1.54) is 103 Å². The second kappa shape index (κ2) is 33.4. The van der Waals surface area contributed by atoms with E-state index >= 15 is 0 Å². The summed E-state index contributed by atoms with van der Waals surface area (Å²) in [6.45, 7) is 2.24. The van der Waals surface area contributed by atoms with Crippen LogP contribution in [-0.2, 0) is 19.2 Å². The van der Waals surface area contributed by atoms with Gasteiger partial charge in [-0.1, -0.05) is 155 Å². The summed E-state index contributed by atoms with van der Waals surface area (Å²) in [6, 6.07) is 0. The zero-order valence-corrected chi connectivity index (χ0v) is 26.8. The van der Waals surface area contributed by atoms with Gasteiger partial charge in [-0.2, -0.15) is 0 Å². The Morgan fingerprint density at radius 1 is 0.381 bits per heavy atom. The van der Waals surface area contributed by atoms with Crippen molar-refractivity contribution in [1.82, 2.24) is 0 Å². The first-order valence-corrected chi connectivity index (χ1v) is 17.1. The van der Waals surface area contributed by atoms with Crippen molar-refractivity contribution >= 4 is 23.9 Å². The number of hydrogen-bond acceptors (Lipinski definition) is 4. The lowest BCUT2D eigenvalue weighted by Gasteiger charge is -2.07. The number of carbonyl (C=O) groups is 4. The van der Waals surface area contributed by atoms with Crippen molar-refractivity contribution in [2.24, 2.45) is 5.92 Å². The Morgan fingerprint density at radius 2 is 0.619 bits per heavy atom. The Morgan fingerprint density at radius 3 is 0.857 bits per heavy atom. The maximum Gasteiger partial charge on any atom is 0.317 e. The predicted molar refractivity (Wildman–Crippen MR) is 169 cm³/mol. The van der Waals surface area contributed by atoms with Crippen LogP contribution in [0.4, 0.5) is 0 Å². The van der Waals surface area contributed by atoms with Crippen molar-refractivity contribution in [3.63, 3.8) is 0 Å². The van der Waals surface area contributed by atoms with Gasteiger partial charge in [-0.25, -0.2) is 0 Å². The van der Waals surface area contributed by atoms with Gasteiger partial charge in [-0.05, 0) is 19.3 Å². The zero-order valence-electron chi connectivity index (χ0n) is 26.8.